The molecule has 68 valence electrons. The van der Waals surface area contributed by atoms with Gasteiger partial charge in [-0.3, -0.25) is 0 Å². The second kappa shape index (κ2) is 3.70. The molecule has 2 rings (SSSR count). The molecular weight excluding hydrogens is 243 g/mol. The van der Waals surface area contributed by atoms with Crippen molar-refractivity contribution in [3.8, 4) is 0 Å². The number of halogens is 2. The van der Waals surface area contributed by atoms with E-state index in [-0.39, 0.29) is 0 Å². The molecule has 0 radical (unpaired) electrons. The molecule has 0 spiro atoms. The molecule has 0 aliphatic carbocycles. The quantitative estimate of drug-likeness (QED) is 0.555. The van der Waals surface area contributed by atoms with E-state index in [1.165, 1.54) is 0 Å². The minimum Gasteiger partial charge on any atom is -0.143 e. The van der Waals surface area contributed by atoms with Crippen molar-refractivity contribution in [1.82, 2.24) is 0 Å². The maximum atomic E-state index is 6.14. The van der Waals surface area contributed by atoms with Gasteiger partial charge in [0.15, 0.2) is 0 Å². The largest absolute Gasteiger partial charge is 0.143 e. The molecule has 0 N–H and O–H groups in total. The first-order valence-electron chi connectivity index (χ1n) is 3.69. The number of thiophene rings is 1. The Balaban J connectivity index is 2.85. The van der Waals surface area contributed by atoms with E-state index in [1.54, 1.807) is 11.3 Å². The van der Waals surface area contributed by atoms with Gasteiger partial charge in [-0.05, 0) is 12.1 Å². The Hall–Kier alpha value is 0.110. The first-order chi connectivity index (χ1) is 6.24. The van der Waals surface area contributed by atoms with Crippen LogP contribution >= 0.6 is 47.2 Å². The van der Waals surface area contributed by atoms with E-state index >= 15 is 0 Å². The molecule has 0 amide bonds. The lowest BCUT2D eigenvalue weighted by atomic mass is 10.2. The number of rotatable bonds is 1. The molecule has 1 aromatic carbocycles. The summed E-state index contributed by atoms with van der Waals surface area (Å²) in [6.45, 7) is 0. The maximum Gasteiger partial charge on any atom is 0.0647 e. The van der Waals surface area contributed by atoms with Crippen LogP contribution in [0.3, 0.4) is 0 Å². The van der Waals surface area contributed by atoms with E-state index in [2.05, 4.69) is 12.6 Å². The smallest absolute Gasteiger partial charge is 0.0647 e. The van der Waals surface area contributed by atoms with Gasteiger partial charge < -0.3 is 0 Å². The first-order valence-corrected chi connectivity index (χ1v) is 5.86. The van der Waals surface area contributed by atoms with Crippen LogP contribution in [0.1, 0.15) is 4.88 Å². The summed E-state index contributed by atoms with van der Waals surface area (Å²) in [6.07, 6.45) is 0. The Labute approximate surface area is 95.9 Å². The van der Waals surface area contributed by atoms with Gasteiger partial charge in [-0.25, -0.2) is 0 Å². The van der Waals surface area contributed by atoms with Crippen molar-refractivity contribution in [2.45, 2.75) is 10.8 Å². The third kappa shape index (κ3) is 1.57. The molecule has 2 aromatic rings. The van der Waals surface area contributed by atoms with Crippen LogP contribution in [0.15, 0.2) is 23.1 Å². The minimum absolute atomic E-state index is 0.464. The fourth-order valence-corrected chi connectivity index (χ4v) is 3.47. The molecular formula is C9H6Cl2S2. The molecule has 0 aliphatic rings. The van der Waals surface area contributed by atoms with Crippen molar-refractivity contribution in [1.29, 1.82) is 0 Å². The standard InChI is InChI=1S/C9H6Cl2S2/c10-4-7-9(11)8-5(12)2-1-3-6(8)13-7/h1-3,12H,4H2. The van der Waals surface area contributed by atoms with Crippen LogP contribution in [0, 0.1) is 0 Å². The van der Waals surface area contributed by atoms with E-state index in [0.29, 0.717) is 5.88 Å². The summed E-state index contributed by atoms with van der Waals surface area (Å²) in [6, 6.07) is 5.93. The predicted molar refractivity (Wildman–Crippen MR) is 63.6 cm³/mol. The Morgan fingerprint density at radius 1 is 1.38 bits per heavy atom. The highest BCUT2D eigenvalue weighted by atomic mass is 35.5. The van der Waals surface area contributed by atoms with Gasteiger partial charge in [0, 0.05) is 19.9 Å². The van der Waals surface area contributed by atoms with Gasteiger partial charge in [-0.2, -0.15) is 0 Å². The van der Waals surface area contributed by atoms with E-state index in [4.69, 9.17) is 23.2 Å². The highest BCUT2D eigenvalue weighted by Gasteiger charge is 2.10. The van der Waals surface area contributed by atoms with Crippen LogP contribution in [0.4, 0.5) is 0 Å². The van der Waals surface area contributed by atoms with Crippen LogP contribution in [0.25, 0.3) is 10.1 Å². The van der Waals surface area contributed by atoms with Gasteiger partial charge >= 0.3 is 0 Å². The zero-order chi connectivity index (χ0) is 9.42. The molecule has 0 nitrogen and oxygen atoms in total. The Kier molecular flexibility index (Phi) is 2.75. The van der Waals surface area contributed by atoms with Crippen LogP contribution in [0.5, 0.6) is 0 Å². The summed E-state index contributed by atoms with van der Waals surface area (Å²) in [5, 5.41) is 1.77. The zero-order valence-corrected chi connectivity index (χ0v) is 9.77. The monoisotopic (exact) mass is 248 g/mol. The predicted octanol–water partition coefficient (Wildman–Crippen LogP) is 4.58. The van der Waals surface area contributed by atoms with Crippen molar-refractivity contribution in [3.05, 3.63) is 28.1 Å². The summed E-state index contributed by atoms with van der Waals surface area (Å²) < 4.78 is 1.15. The van der Waals surface area contributed by atoms with E-state index in [9.17, 15) is 0 Å². The summed E-state index contributed by atoms with van der Waals surface area (Å²) in [7, 11) is 0. The molecule has 0 saturated carbocycles. The average Bonchev–Trinajstić information content (AvgIpc) is 2.44. The minimum atomic E-state index is 0.464. The topological polar surface area (TPSA) is 0 Å². The molecule has 0 atom stereocenters. The number of thiol groups is 1. The highest BCUT2D eigenvalue weighted by Crippen LogP contribution is 2.39. The lowest BCUT2D eigenvalue weighted by Crippen LogP contribution is -1.70. The molecule has 0 unspecified atom stereocenters. The third-order valence-electron chi connectivity index (χ3n) is 1.82. The summed E-state index contributed by atoms with van der Waals surface area (Å²) in [5.74, 6) is 0.464. The zero-order valence-electron chi connectivity index (χ0n) is 6.55. The van der Waals surface area contributed by atoms with Gasteiger partial charge in [-0.15, -0.1) is 35.6 Å². The fourth-order valence-electron chi connectivity index (χ4n) is 1.23. The third-order valence-corrected chi connectivity index (χ3v) is 4.31. The number of alkyl halides is 1. The number of fused-ring (bicyclic) bond motifs is 1. The van der Waals surface area contributed by atoms with Crippen LogP contribution in [-0.4, -0.2) is 0 Å². The molecule has 0 fully saturated rings. The lowest BCUT2D eigenvalue weighted by Gasteiger charge is -1.94. The summed E-state index contributed by atoms with van der Waals surface area (Å²) in [4.78, 5) is 1.93. The van der Waals surface area contributed by atoms with E-state index < -0.39 is 0 Å². The van der Waals surface area contributed by atoms with E-state index in [1.807, 2.05) is 18.2 Å². The second-order valence-electron chi connectivity index (χ2n) is 2.62. The summed E-state index contributed by atoms with van der Waals surface area (Å²) >= 11 is 17.9. The molecule has 1 heterocycles. The van der Waals surface area contributed by atoms with Gasteiger partial charge in [-0.1, -0.05) is 17.7 Å². The molecule has 1 aromatic heterocycles. The van der Waals surface area contributed by atoms with Crippen molar-refractivity contribution in [3.63, 3.8) is 0 Å². The maximum absolute atomic E-state index is 6.14. The molecule has 0 aliphatic heterocycles. The van der Waals surface area contributed by atoms with E-state index in [0.717, 1.165) is 24.9 Å². The van der Waals surface area contributed by atoms with Gasteiger partial charge in [0.1, 0.15) is 0 Å². The Morgan fingerprint density at radius 2 is 2.15 bits per heavy atom. The number of benzene rings is 1. The van der Waals surface area contributed by atoms with Crippen molar-refractivity contribution in [2.24, 2.45) is 0 Å². The number of hydrogen-bond donors (Lipinski definition) is 1. The van der Waals surface area contributed by atoms with Crippen LogP contribution in [0.2, 0.25) is 5.02 Å². The first kappa shape index (κ1) is 9.66. The Bertz CT molecular complexity index is 448. The fraction of sp³-hybridized carbons (Fsp3) is 0.111. The average molecular weight is 249 g/mol. The lowest BCUT2D eigenvalue weighted by molar-refractivity contribution is 1.52. The van der Waals surface area contributed by atoms with Gasteiger partial charge in [0.05, 0.1) is 10.9 Å². The SMILES string of the molecule is Sc1cccc2sc(CCl)c(Cl)c12. The molecule has 4 heteroatoms. The van der Waals surface area contributed by atoms with Crippen molar-refractivity contribution >= 4 is 57.3 Å². The Morgan fingerprint density at radius 3 is 2.77 bits per heavy atom. The van der Waals surface area contributed by atoms with Gasteiger partial charge in [0.2, 0.25) is 0 Å². The van der Waals surface area contributed by atoms with Crippen molar-refractivity contribution < 1.29 is 0 Å². The molecule has 0 saturated heterocycles. The number of hydrogen-bond acceptors (Lipinski definition) is 2. The van der Waals surface area contributed by atoms with Gasteiger partial charge in [0.25, 0.3) is 0 Å². The highest BCUT2D eigenvalue weighted by molar-refractivity contribution is 7.80. The molecule has 0 bridgehead atoms. The van der Waals surface area contributed by atoms with Crippen LogP contribution in [-0.2, 0) is 5.88 Å². The summed E-state index contributed by atoms with van der Waals surface area (Å²) in [5.41, 5.74) is 0. The normalized spacial score (nSPS) is 11.0. The molecule has 13 heavy (non-hydrogen) atoms. The van der Waals surface area contributed by atoms with Crippen molar-refractivity contribution in [2.75, 3.05) is 0 Å². The van der Waals surface area contributed by atoms with Crippen LogP contribution < -0.4 is 0 Å². The second-order valence-corrected chi connectivity index (χ2v) is 4.89.